The van der Waals surface area contributed by atoms with E-state index >= 15 is 0 Å². The lowest BCUT2D eigenvalue weighted by Gasteiger charge is -2.05. The monoisotopic (exact) mass is 270 g/mol. The van der Waals surface area contributed by atoms with Crippen molar-refractivity contribution in [3.8, 4) is 0 Å². The third-order valence-corrected chi connectivity index (χ3v) is 2.59. The molecule has 106 valence electrons. The molecule has 0 fully saturated rings. The molecule has 0 aliphatic carbocycles. The minimum Gasteiger partial charge on any atom is -0.383 e. The fraction of sp³-hybridized carbons (Fsp3) is 0.545. The predicted molar refractivity (Wildman–Crippen MR) is 69.1 cm³/mol. The Morgan fingerprint density at radius 2 is 2.16 bits per heavy atom. The summed E-state index contributed by atoms with van der Waals surface area (Å²) in [5.41, 5.74) is 0.267. The second-order valence-electron chi connectivity index (χ2n) is 3.89. The molecule has 8 heteroatoms. The third kappa shape index (κ3) is 4.34. The molecular formula is C11H18N4O4. The predicted octanol–water partition coefficient (Wildman–Crippen LogP) is -0.101. The number of aromatic nitrogens is 1. The minimum absolute atomic E-state index is 0.108. The average Bonchev–Trinajstić information content (AvgIpc) is 2.75. The standard InChI is InChI=1S/C11H18N4O4/c1-14-9(3-4-10(14)15(17)18)11(16)13-6-5-12-7-8-19-2/h3-4,12H,5-8H2,1-2H3,(H,13,16). The molecule has 1 rings (SSSR count). The van der Waals surface area contributed by atoms with Crippen molar-refractivity contribution in [2.45, 2.75) is 0 Å². The van der Waals surface area contributed by atoms with E-state index in [4.69, 9.17) is 4.74 Å². The third-order valence-electron chi connectivity index (χ3n) is 2.59. The Hall–Kier alpha value is -1.93. The topological polar surface area (TPSA) is 98.4 Å². The zero-order chi connectivity index (χ0) is 14.3. The van der Waals surface area contributed by atoms with E-state index in [1.807, 2.05) is 0 Å². The van der Waals surface area contributed by atoms with Crippen molar-refractivity contribution in [1.29, 1.82) is 0 Å². The molecule has 0 saturated carbocycles. The summed E-state index contributed by atoms with van der Waals surface area (Å²) in [5, 5.41) is 16.4. The van der Waals surface area contributed by atoms with Crippen LogP contribution in [0.1, 0.15) is 10.5 Å². The first-order valence-corrected chi connectivity index (χ1v) is 5.86. The van der Waals surface area contributed by atoms with E-state index in [2.05, 4.69) is 10.6 Å². The summed E-state index contributed by atoms with van der Waals surface area (Å²) in [6.07, 6.45) is 0. The summed E-state index contributed by atoms with van der Waals surface area (Å²) >= 11 is 0. The highest BCUT2D eigenvalue weighted by Gasteiger charge is 2.19. The Bertz CT molecular complexity index is 444. The van der Waals surface area contributed by atoms with E-state index in [9.17, 15) is 14.9 Å². The fourth-order valence-electron chi connectivity index (χ4n) is 1.57. The first-order chi connectivity index (χ1) is 9.07. The van der Waals surface area contributed by atoms with E-state index in [1.165, 1.54) is 23.7 Å². The summed E-state index contributed by atoms with van der Waals surface area (Å²) in [7, 11) is 3.11. The van der Waals surface area contributed by atoms with E-state index in [0.29, 0.717) is 26.2 Å². The van der Waals surface area contributed by atoms with Crippen LogP contribution in [0, 0.1) is 10.1 Å². The smallest absolute Gasteiger partial charge is 0.323 e. The number of nitrogens with one attached hydrogen (secondary N) is 2. The largest absolute Gasteiger partial charge is 0.383 e. The van der Waals surface area contributed by atoms with Gasteiger partial charge in [-0.3, -0.25) is 4.79 Å². The number of hydrogen-bond acceptors (Lipinski definition) is 5. The summed E-state index contributed by atoms with van der Waals surface area (Å²) in [5.74, 6) is -0.437. The average molecular weight is 270 g/mol. The highest BCUT2D eigenvalue weighted by Crippen LogP contribution is 2.14. The van der Waals surface area contributed by atoms with E-state index in [0.717, 1.165) is 0 Å². The lowest BCUT2D eigenvalue weighted by molar-refractivity contribution is -0.391. The highest BCUT2D eigenvalue weighted by molar-refractivity contribution is 5.93. The summed E-state index contributed by atoms with van der Waals surface area (Å²) in [6.45, 7) is 2.38. The molecule has 0 spiro atoms. The Labute approximate surface area is 110 Å². The van der Waals surface area contributed by atoms with Gasteiger partial charge in [-0.05, 0) is 11.0 Å². The maximum Gasteiger partial charge on any atom is 0.323 e. The second kappa shape index (κ2) is 7.49. The molecular weight excluding hydrogens is 252 g/mol. The van der Waals surface area contributed by atoms with Crippen LogP contribution in [0.15, 0.2) is 12.1 Å². The number of hydrogen-bond donors (Lipinski definition) is 2. The zero-order valence-corrected chi connectivity index (χ0v) is 11.0. The molecule has 0 unspecified atom stereocenters. The van der Waals surface area contributed by atoms with Gasteiger partial charge in [0.15, 0.2) is 5.69 Å². The Morgan fingerprint density at radius 1 is 1.42 bits per heavy atom. The van der Waals surface area contributed by atoms with Crippen molar-refractivity contribution in [3.05, 3.63) is 27.9 Å². The van der Waals surface area contributed by atoms with Gasteiger partial charge in [0.2, 0.25) is 0 Å². The number of amides is 1. The maximum atomic E-state index is 11.8. The lowest BCUT2D eigenvalue weighted by atomic mass is 10.4. The number of methoxy groups -OCH3 is 1. The lowest BCUT2D eigenvalue weighted by Crippen LogP contribution is -2.33. The molecule has 0 aliphatic rings. The molecule has 0 atom stereocenters. The van der Waals surface area contributed by atoms with Crippen LogP contribution in [0.25, 0.3) is 0 Å². The Morgan fingerprint density at radius 3 is 2.74 bits per heavy atom. The van der Waals surface area contributed by atoms with Crippen molar-refractivity contribution in [2.24, 2.45) is 7.05 Å². The molecule has 8 nitrogen and oxygen atoms in total. The molecule has 19 heavy (non-hydrogen) atoms. The van der Waals surface area contributed by atoms with Crippen LogP contribution < -0.4 is 10.6 Å². The van der Waals surface area contributed by atoms with Gasteiger partial charge in [-0.1, -0.05) is 0 Å². The van der Waals surface area contributed by atoms with Crippen LogP contribution in [-0.4, -0.2) is 48.7 Å². The van der Waals surface area contributed by atoms with Crippen LogP contribution in [-0.2, 0) is 11.8 Å². The molecule has 0 aromatic carbocycles. The quantitative estimate of drug-likeness (QED) is 0.390. The van der Waals surface area contributed by atoms with Crippen molar-refractivity contribution >= 4 is 11.7 Å². The summed E-state index contributed by atoms with van der Waals surface area (Å²) < 4.78 is 6.12. The molecule has 1 aromatic heterocycles. The van der Waals surface area contributed by atoms with Crippen molar-refractivity contribution in [2.75, 3.05) is 33.4 Å². The van der Waals surface area contributed by atoms with Gasteiger partial charge in [-0.25, -0.2) is 4.57 Å². The maximum absolute atomic E-state index is 11.8. The number of carbonyl (C=O) groups excluding carboxylic acids is 1. The SMILES string of the molecule is COCCNCCNC(=O)c1ccc([N+](=O)[O-])n1C. The van der Waals surface area contributed by atoms with Gasteiger partial charge >= 0.3 is 5.82 Å². The molecule has 0 aliphatic heterocycles. The first-order valence-electron chi connectivity index (χ1n) is 5.86. The highest BCUT2D eigenvalue weighted by atomic mass is 16.6. The van der Waals surface area contributed by atoms with E-state index < -0.39 is 4.92 Å². The van der Waals surface area contributed by atoms with Crippen molar-refractivity contribution in [1.82, 2.24) is 15.2 Å². The van der Waals surface area contributed by atoms with Gasteiger partial charge in [0, 0.05) is 32.8 Å². The van der Waals surface area contributed by atoms with Gasteiger partial charge in [-0.2, -0.15) is 0 Å². The van der Waals surface area contributed by atoms with Crippen LogP contribution in [0.4, 0.5) is 5.82 Å². The van der Waals surface area contributed by atoms with Gasteiger partial charge in [0.05, 0.1) is 13.7 Å². The van der Waals surface area contributed by atoms with Gasteiger partial charge in [0.1, 0.15) is 0 Å². The number of nitro groups is 1. The van der Waals surface area contributed by atoms with Gasteiger partial charge < -0.3 is 25.5 Å². The second-order valence-corrected chi connectivity index (χ2v) is 3.89. The van der Waals surface area contributed by atoms with Crippen LogP contribution >= 0.6 is 0 Å². The van der Waals surface area contributed by atoms with E-state index in [-0.39, 0.29) is 17.4 Å². The summed E-state index contributed by atoms with van der Waals surface area (Å²) in [6, 6.07) is 2.75. The first kappa shape index (κ1) is 15.1. The molecule has 0 bridgehead atoms. The van der Waals surface area contributed by atoms with Crippen molar-refractivity contribution < 1.29 is 14.5 Å². The number of nitrogens with zero attached hydrogens (tertiary/aromatic N) is 2. The van der Waals surface area contributed by atoms with Crippen LogP contribution in [0.2, 0.25) is 0 Å². The van der Waals surface area contributed by atoms with Crippen LogP contribution in [0.3, 0.4) is 0 Å². The molecule has 2 N–H and O–H groups in total. The number of carbonyl (C=O) groups is 1. The van der Waals surface area contributed by atoms with Crippen molar-refractivity contribution in [3.63, 3.8) is 0 Å². The minimum atomic E-state index is -0.525. The fourth-order valence-corrected chi connectivity index (χ4v) is 1.57. The Kier molecular flexibility index (Phi) is 5.97. The summed E-state index contributed by atoms with van der Waals surface area (Å²) in [4.78, 5) is 21.9. The molecule has 1 aromatic rings. The van der Waals surface area contributed by atoms with Gasteiger partial charge in [-0.15, -0.1) is 0 Å². The number of ether oxygens (including phenoxy) is 1. The Balaban J connectivity index is 2.40. The zero-order valence-electron chi connectivity index (χ0n) is 11.0. The molecule has 1 heterocycles. The normalized spacial score (nSPS) is 10.4. The van der Waals surface area contributed by atoms with E-state index in [1.54, 1.807) is 7.11 Å². The number of rotatable bonds is 8. The molecule has 0 saturated heterocycles. The van der Waals surface area contributed by atoms with Gasteiger partial charge in [0.25, 0.3) is 5.91 Å². The molecule has 1 amide bonds. The van der Waals surface area contributed by atoms with Crippen LogP contribution in [0.5, 0.6) is 0 Å². The molecule has 0 radical (unpaired) electrons.